The van der Waals surface area contributed by atoms with Gasteiger partial charge in [0.1, 0.15) is 11.5 Å². The lowest BCUT2D eigenvalue weighted by Crippen LogP contribution is -2.25. The highest BCUT2D eigenvalue weighted by molar-refractivity contribution is 5.35. The number of aryl methyl sites for hydroxylation is 2. The van der Waals surface area contributed by atoms with Crippen LogP contribution in [0.3, 0.4) is 0 Å². The van der Waals surface area contributed by atoms with E-state index >= 15 is 0 Å². The molecule has 0 N–H and O–H groups in total. The first kappa shape index (κ1) is 18.8. The minimum atomic E-state index is 0.752. The van der Waals surface area contributed by atoms with Crippen molar-refractivity contribution in [3.8, 4) is 11.5 Å². The van der Waals surface area contributed by atoms with Crippen LogP contribution in [0.2, 0.25) is 0 Å². The molecule has 0 aliphatic carbocycles. The summed E-state index contributed by atoms with van der Waals surface area (Å²) in [7, 11) is 3.96. The van der Waals surface area contributed by atoms with Gasteiger partial charge in [-0.05, 0) is 81.4 Å². The minimum absolute atomic E-state index is 0.752. The van der Waals surface area contributed by atoms with E-state index in [2.05, 4.69) is 54.4 Å². The molecule has 140 valence electrons. The second-order valence-corrected chi connectivity index (χ2v) is 7.23. The Morgan fingerprint density at radius 1 is 1.08 bits per heavy atom. The van der Waals surface area contributed by atoms with E-state index in [0.29, 0.717) is 0 Å². The molecule has 1 heterocycles. The molecule has 0 radical (unpaired) electrons. The van der Waals surface area contributed by atoms with Crippen LogP contribution in [0, 0.1) is 0 Å². The van der Waals surface area contributed by atoms with Gasteiger partial charge >= 0.3 is 0 Å². The molecule has 1 saturated heterocycles. The van der Waals surface area contributed by atoms with Gasteiger partial charge < -0.3 is 14.4 Å². The summed E-state index contributed by atoms with van der Waals surface area (Å²) in [6.45, 7) is 2.05. The lowest BCUT2D eigenvalue weighted by Gasteiger charge is -2.19. The second-order valence-electron chi connectivity index (χ2n) is 7.23. The number of benzene rings is 2. The van der Waals surface area contributed by atoms with Crippen molar-refractivity contribution in [2.75, 3.05) is 27.3 Å². The normalized spacial score (nSPS) is 17.4. The van der Waals surface area contributed by atoms with E-state index in [1.54, 1.807) is 7.11 Å². The molecule has 2 aromatic carbocycles. The van der Waals surface area contributed by atoms with Crippen molar-refractivity contribution in [2.24, 2.45) is 0 Å². The number of nitrogens with zero attached hydrogens (tertiary/aromatic N) is 1. The molecule has 3 heteroatoms. The Morgan fingerprint density at radius 3 is 2.77 bits per heavy atom. The SMILES string of the molecule is COc1cccc(CCc2ccccc2OCCC[C@@H]2CCCN2C)c1. The highest BCUT2D eigenvalue weighted by Crippen LogP contribution is 2.23. The molecule has 3 rings (SSSR count). The molecule has 1 fully saturated rings. The van der Waals surface area contributed by atoms with Crippen molar-refractivity contribution in [1.29, 1.82) is 0 Å². The van der Waals surface area contributed by atoms with Crippen LogP contribution in [-0.4, -0.2) is 38.3 Å². The zero-order valence-electron chi connectivity index (χ0n) is 16.1. The molecule has 0 spiro atoms. The molecule has 0 aromatic heterocycles. The number of likely N-dealkylation sites (tertiary alicyclic amines) is 1. The van der Waals surface area contributed by atoms with Crippen LogP contribution in [0.25, 0.3) is 0 Å². The summed E-state index contributed by atoms with van der Waals surface area (Å²) < 4.78 is 11.4. The summed E-state index contributed by atoms with van der Waals surface area (Å²) in [6.07, 6.45) is 7.02. The maximum atomic E-state index is 6.12. The second kappa shape index (κ2) is 9.63. The van der Waals surface area contributed by atoms with E-state index in [4.69, 9.17) is 9.47 Å². The van der Waals surface area contributed by atoms with E-state index in [9.17, 15) is 0 Å². The molecule has 1 atom stereocenters. The molecule has 3 nitrogen and oxygen atoms in total. The van der Waals surface area contributed by atoms with Crippen LogP contribution in [0.4, 0.5) is 0 Å². The van der Waals surface area contributed by atoms with E-state index in [0.717, 1.165) is 43.4 Å². The van der Waals surface area contributed by atoms with E-state index < -0.39 is 0 Å². The van der Waals surface area contributed by atoms with Gasteiger partial charge in [0.05, 0.1) is 13.7 Å². The summed E-state index contributed by atoms with van der Waals surface area (Å²) in [5.74, 6) is 1.96. The largest absolute Gasteiger partial charge is 0.497 e. The van der Waals surface area contributed by atoms with Crippen LogP contribution in [0.15, 0.2) is 48.5 Å². The molecule has 0 unspecified atom stereocenters. The van der Waals surface area contributed by atoms with Gasteiger partial charge in [-0.15, -0.1) is 0 Å². The van der Waals surface area contributed by atoms with Crippen LogP contribution in [0.5, 0.6) is 11.5 Å². The standard InChI is InChI=1S/C23H31NO2/c1-24-16-6-10-21(24)11-7-17-26-23-13-4-3-9-20(23)15-14-19-8-5-12-22(18-19)25-2/h3-5,8-9,12-13,18,21H,6-7,10-11,14-17H2,1-2H3/t21-/m0/s1. The molecular weight excluding hydrogens is 322 g/mol. The van der Waals surface area contributed by atoms with Gasteiger partial charge in [-0.3, -0.25) is 0 Å². The first-order chi connectivity index (χ1) is 12.8. The first-order valence-electron chi connectivity index (χ1n) is 9.80. The lowest BCUT2D eigenvalue weighted by atomic mass is 10.0. The Morgan fingerprint density at radius 2 is 1.96 bits per heavy atom. The first-order valence-corrected chi connectivity index (χ1v) is 9.80. The van der Waals surface area contributed by atoms with Crippen LogP contribution in [0.1, 0.15) is 36.8 Å². The Hall–Kier alpha value is -2.00. The molecule has 0 amide bonds. The number of hydrogen-bond donors (Lipinski definition) is 0. The number of para-hydroxylation sites is 1. The van der Waals surface area contributed by atoms with Crippen molar-refractivity contribution in [3.63, 3.8) is 0 Å². The zero-order valence-corrected chi connectivity index (χ0v) is 16.1. The van der Waals surface area contributed by atoms with Gasteiger partial charge in [-0.1, -0.05) is 30.3 Å². The highest BCUT2D eigenvalue weighted by Gasteiger charge is 2.19. The van der Waals surface area contributed by atoms with Crippen LogP contribution in [-0.2, 0) is 12.8 Å². The number of rotatable bonds is 9. The Balaban J connectivity index is 1.49. The summed E-state index contributed by atoms with van der Waals surface area (Å²) in [5, 5.41) is 0. The fourth-order valence-electron chi connectivity index (χ4n) is 3.80. The quantitative estimate of drug-likeness (QED) is 0.608. The number of hydrogen-bond acceptors (Lipinski definition) is 3. The topological polar surface area (TPSA) is 21.7 Å². The van der Waals surface area contributed by atoms with Gasteiger partial charge in [0.25, 0.3) is 0 Å². The predicted molar refractivity (Wildman–Crippen MR) is 107 cm³/mol. The molecule has 0 saturated carbocycles. The average Bonchev–Trinajstić information content (AvgIpc) is 3.09. The van der Waals surface area contributed by atoms with Crippen molar-refractivity contribution < 1.29 is 9.47 Å². The summed E-state index contributed by atoms with van der Waals surface area (Å²) in [4.78, 5) is 2.49. The fraction of sp³-hybridized carbons (Fsp3) is 0.478. The zero-order chi connectivity index (χ0) is 18.2. The van der Waals surface area contributed by atoms with Crippen molar-refractivity contribution >= 4 is 0 Å². The summed E-state index contributed by atoms with van der Waals surface area (Å²) >= 11 is 0. The summed E-state index contributed by atoms with van der Waals surface area (Å²) in [6, 6.07) is 17.5. The third-order valence-corrected chi connectivity index (χ3v) is 5.40. The third kappa shape index (κ3) is 5.25. The van der Waals surface area contributed by atoms with Gasteiger partial charge in [-0.2, -0.15) is 0 Å². The van der Waals surface area contributed by atoms with Crippen molar-refractivity contribution in [3.05, 3.63) is 59.7 Å². The lowest BCUT2D eigenvalue weighted by molar-refractivity contribution is 0.254. The van der Waals surface area contributed by atoms with Crippen molar-refractivity contribution in [1.82, 2.24) is 4.90 Å². The molecule has 26 heavy (non-hydrogen) atoms. The van der Waals surface area contributed by atoms with Gasteiger partial charge in [0.2, 0.25) is 0 Å². The predicted octanol–water partition coefficient (Wildman–Crippen LogP) is 4.73. The molecule has 1 aliphatic rings. The third-order valence-electron chi connectivity index (χ3n) is 5.40. The van der Waals surface area contributed by atoms with Crippen molar-refractivity contribution in [2.45, 2.75) is 44.6 Å². The van der Waals surface area contributed by atoms with Crippen LogP contribution < -0.4 is 9.47 Å². The maximum Gasteiger partial charge on any atom is 0.122 e. The van der Waals surface area contributed by atoms with Gasteiger partial charge in [0, 0.05) is 6.04 Å². The Kier molecular flexibility index (Phi) is 6.96. The molecule has 1 aliphatic heterocycles. The Labute approximate surface area is 157 Å². The molecule has 2 aromatic rings. The van der Waals surface area contributed by atoms with Gasteiger partial charge in [-0.25, -0.2) is 0 Å². The molecule has 0 bridgehead atoms. The Bertz CT molecular complexity index is 685. The molecular formula is C23H31NO2. The maximum absolute atomic E-state index is 6.12. The number of methoxy groups -OCH3 is 1. The van der Waals surface area contributed by atoms with E-state index in [-0.39, 0.29) is 0 Å². The highest BCUT2D eigenvalue weighted by atomic mass is 16.5. The monoisotopic (exact) mass is 353 g/mol. The van der Waals surface area contributed by atoms with E-state index in [1.807, 2.05) is 6.07 Å². The van der Waals surface area contributed by atoms with E-state index in [1.165, 1.54) is 36.9 Å². The summed E-state index contributed by atoms with van der Waals surface area (Å²) in [5.41, 5.74) is 2.58. The smallest absolute Gasteiger partial charge is 0.122 e. The average molecular weight is 354 g/mol. The minimum Gasteiger partial charge on any atom is -0.497 e. The van der Waals surface area contributed by atoms with Crippen LogP contribution >= 0.6 is 0 Å². The van der Waals surface area contributed by atoms with Gasteiger partial charge in [0.15, 0.2) is 0 Å². The number of ether oxygens (including phenoxy) is 2. The fourth-order valence-corrected chi connectivity index (χ4v) is 3.80.